The van der Waals surface area contributed by atoms with Crippen LogP contribution >= 0.6 is 11.6 Å². The molecule has 0 radical (unpaired) electrons. The fourth-order valence-corrected chi connectivity index (χ4v) is 3.74. The molecule has 3 aromatic rings. The van der Waals surface area contributed by atoms with Crippen LogP contribution < -0.4 is 14.8 Å². The summed E-state index contributed by atoms with van der Waals surface area (Å²) in [5, 5.41) is 3.13. The quantitative estimate of drug-likeness (QED) is 0.484. The Balaban J connectivity index is 1.60. The van der Waals surface area contributed by atoms with Gasteiger partial charge in [-0.3, -0.25) is 9.52 Å². The van der Waals surface area contributed by atoms with Gasteiger partial charge < -0.3 is 10.1 Å². The highest BCUT2D eigenvalue weighted by molar-refractivity contribution is 7.92. The van der Waals surface area contributed by atoms with Crippen LogP contribution in [0.1, 0.15) is 5.56 Å². The third-order valence-electron chi connectivity index (χ3n) is 4.07. The summed E-state index contributed by atoms with van der Waals surface area (Å²) in [7, 11) is -4.13. The van der Waals surface area contributed by atoms with Gasteiger partial charge in [-0.1, -0.05) is 17.7 Å². The molecule has 6 nitrogen and oxygen atoms in total. The number of rotatable bonds is 7. The van der Waals surface area contributed by atoms with Crippen molar-refractivity contribution in [1.29, 1.82) is 0 Å². The monoisotopic (exact) mass is 484 g/mol. The first kappa shape index (κ1) is 23.4. The highest BCUT2D eigenvalue weighted by Crippen LogP contribution is 2.31. The van der Waals surface area contributed by atoms with Gasteiger partial charge in [-0.15, -0.1) is 0 Å². The maximum absolute atomic E-state index is 12.8. The third kappa shape index (κ3) is 6.38. The van der Waals surface area contributed by atoms with Crippen molar-refractivity contribution in [1.82, 2.24) is 0 Å². The second-order valence-electron chi connectivity index (χ2n) is 6.50. The molecular weight excluding hydrogens is 469 g/mol. The second-order valence-corrected chi connectivity index (χ2v) is 8.62. The molecule has 0 spiro atoms. The number of amides is 1. The van der Waals surface area contributed by atoms with Crippen LogP contribution in [0.5, 0.6) is 5.75 Å². The van der Waals surface area contributed by atoms with E-state index in [-0.39, 0.29) is 22.9 Å². The van der Waals surface area contributed by atoms with E-state index in [1.165, 1.54) is 30.3 Å². The molecule has 32 heavy (non-hydrogen) atoms. The standard InChI is InChI=1S/C21H16ClF3N2O4S/c22-15-4-6-16(7-5-15)26-20(28)13-31-18-8-10-19(11-9-18)32(29,30)27-17-3-1-2-14(12-17)21(23,24)25/h1-12,27H,13H2,(H,26,28). The number of ether oxygens (including phenoxy) is 1. The van der Waals surface area contributed by atoms with E-state index in [0.29, 0.717) is 16.8 Å². The Kier molecular flexibility index (Phi) is 6.95. The van der Waals surface area contributed by atoms with E-state index >= 15 is 0 Å². The lowest BCUT2D eigenvalue weighted by Crippen LogP contribution is -2.20. The molecule has 0 aliphatic carbocycles. The lowest BCUT2D eigenvalue weighted by molar-refractivity contribution is -0.137. The van der Waals surface area contributed by atoms with Gasteiger partial charge in [-0.05, 0) is 66.7 Å². The van der Waals surface area contributed by atoms with Crippen LogP contribution in [0, 0.1) is 0 Å². The van der Waals surface area contributed by atoms with E-state index in [0.717, 1.165) is 12.1 Å². The van der Waals surface area contributed by atoms with Crippen LogP contribution in [0.3, 0.4) is 0 Å². The summed E-state index contributed by atoms with van der Waals surface area (Å²) in [5.41, 5.74) is -0.664. The van der Waals surface area contributed by atoms with Gasteiger partial charge in [0, 0.05) is 16.4 Å². The number of anilines is 2. The van der Waals surface area contributed by atoms with Crippen molar-refractivity contribution in [3.8, 4) is 5.75 Å². The third-order valence-corrected chi connectivity index (χ3v) is 5.72. The summed E-state index contributed by atoms with van der Waals surface area (Å²) in [6, 6.07) is 15.4. The molecule has 0 heterocycles. The van der Waals surface area contributed by atoms with Crippen LogP contribution in [-0.2, 0) is 21.0 Å². The van der Waals surface area contributed by atoms with Gasteiger partial charge in [-0.2, -0.15) is 13.2 Å². The predicted octanol–water partition coefficient (Wildman–Crippen LogP) is 5.18. The second kappa shape index (κ2) is 9.49. The van der Waals surface area contributed by atoms with Crippen molar-refractivity contribution in [3.63, 3.8) is 0 Å². The van der Waals surface area contributed by atoms with Crippen molar-refractivity contribution in [3.05, 3.63) is 83.4 Å². The molecule has 0 aliphatic rings. The number of nitrogens with one attached hydrogen (secondary N) is 2. The average Bonchev–Trinajstić information content (AvgIpc) is 2.73. The highest BCUT2D eigenvalue weighted by atomic mass is 35.5. The van der Waals surface area contributed by atoms with Crippen molar-refractivity contribution in [2.75, 3.05) is 16.6 Å². The number of hydrogen-bond donors (Lipinski definition) is 2. The molecule has 0 aliphatic heterocycles. The first-order valence-corrected chi connectivity index (χ1v) is 10.9. The lowest BCUT2D eigenvalue weighted by Gasteiger charge is -2.12. The van der Waals surface area contributed by atoms with Crippen LogP contribution in [-0.4, -0.2) is 20.9 Å². The predicted molar refractivity (Wildman–Crippen MR) is 114 cm³/mol. The zero-order valence-corrected chi connectivity index (χ0v) is 17.8. The normalized spacial score (nSPS) is 11.6. The molecule has 1 amide bonds. The Bertz CT molecular complexity index is 1200. The molecule has 3 aromatic carbocycles. The van der Waals surface area contributed by atoms with E-state index in [1.807, 2.05) is 0 Å². The minimum absolute atomic E-state index is 0.187. The number of hydrogen-bond acceptors (Lipinski definition) is 4. The summed E-state index contributed by atoms with van der Waals surface area (Å²) in [5.74, 6) is -0.204. The minimum atomic E-state index is -4.60. The van der Waals surface area contributed by atoms with Gasteiger partial charge in [0.25, 0.3) is 15.9 Å². The number of carbonyl (C=O) groups excluding carboxylic acids is 1. The smallest absolute Gasteiger partial charge is 0.416 e. The number of carbonyl (C=O) groups is 1. The Labute approximate surface area is 187 Å². The number of benzene rings is 3. The van der Waals surface area contributed by atoms with Gasteiger partial charge in [0.05, 0.1) is 10.5 Å². The van der Waals surface area contributed by atoms with Crippen molar-refractivity contribution < 1.29 is 31.1 Å². The average molecular weight is 485 g/mol. The summed E-state index contributed by atoms with van der Waals surface area (Å²) in [6.45, 7) is -0.322. The van der Waals surface area contributed by atoms with Gasteiger partial charge in [-0.25, -0.2) is 8.42 Å². The van der Waals surface area contributed by atoms with Gasteiger partial charge >= 0.3 is 6.18 Å². The van der Waals surface area contributed by atoms with E-state index < -0.39 is 27.7 Å². The molecule has 0 unspecified atom stereocenters. The summed E-state index contributed by atoms with van der Waals surface area (Å²) < 4.78 is 70.8. The Morgan fingerprint density at radius 3 is 2.22 bits per heavy atom. The van der Waals surface area contributed by atoms with E-state index in [9.17, 15) is 26.4 Å². The fourth-order valence-electron chi connectivity index (χ4n) is 2.57. The fraction of sp³-hybridized carbons (Fsp3) is 0.0952. The Hall–Kier alpha value is -3.24. The van der Waals surface area contributed by atoms with Gasteiger partial charge in [0.15, 0.2) is 6.61 Å². The van der Waals surface area contributed by atoms with E-state index in [2.05, 4.69) is 10.0 Å². The minimum Gasteiger partial charge on any atom is -0.484 e. The van der Waals surface area contributed by atoms with Crippen LogP contribution in [0.4, 0.5) is 24.5 Å². The topological polar surface area (TPSA) is 84.5 Å². The first-order chi connectivity index (χ1) is 15.0. The molecule has 0 atom stereocenters. The van der Waals surface area contributed by atoms with E-state index in [4.69, 9.17) is 16.3 Å². The molecule has 3 rings (SSSR count). The number of sulfonamides is 1. The highest BCUT2D eigenvalue weighted by Gasteiger charge is 2.30. The summed E-state index contributed by atoms with van der Waals surface area (Å²) >= 11 is 5.77. The zero-order valence-electron chi connectivity index (χ0n) is 16.2. The molecule has 2 N–H and O–H groups in total. The first-order valence-electron chi connectivity index (χ1n) is 9.01. The van der Waals surface area contributed by atoms with Gasteiger partial charge in [0.1, 0.15) is 5.75 Å². The Morgan fingerprint density at radius 2 is 1.59 bits per heavy atom. The largest absolute Gasteiger partial charge is 0.484 e. The van der Waals surface area contributed by atoms with E-state index in [1.54, 1.807) is 24.3 Å². The lowest BCUT2D eigenvalue weighted by atomic mass is 10.2. The SMILES string of the molecule is O=C(COc1ccc(S(=O)(=O)Nc2cccc(C(F)(F)F)c2)cc1)Nc1ccc(Cl)cc1. The molecule has 0 bridgehead atoms. The maximum Gasteiger partial charge on any atom is 0.416 e. The van der Waals surface area contributed by atoms with Crippen molar-refractivity contribution in [2.24, 2.45) is 0 Å². The summed E-state index contributed by atoms with van der Waals surface area (Å²) in [6.07, 6.45) is -4.60. The van der Waals surface area contributed by atoms with Crippen LogP contribution in [0.25, 0.3) is 0 Å². The van der Waals surface area contributed by atoms with Crippen molar-refractivity contribution in [2.45, 2.75) is 11.1 Å². The van der Waals surface area contributed by atoms with Crippen LogP contribution in [0.15, 0.2) is 77.7 Å². The molecule has 0 saturated carbocycles. The number of halogens is 4. The molecule has 168 valence electrons. The molecule has 11 heteroatoms. The zero-order chi connectivity index (χ0) is 23.4. The maximum atomic E-state index is 12.8. The van der Waals surface area contributed by atoms with Crippen molar-refractivity contribution >= 4 is 38.9 Å². The Morgan fingerprint density at radius 1 is 0.938 bits per heavy atom. The molecule has 0 saturated heterocycles. The summed E-state index contributed by atoms with van der Waals surface area (Å²) in [4.78, 5) is 11.8. The number of alkyl halides is 3. The molecule has 0 fully saturated rings. The molecular formula is C21H16ClF3N2O4S. The van der Waals surface area contributed by atoms with Gasteiger partial charge in [0.2, 0.25) is 0 Å². The van der Waals surface area contributed by atoms with Crippen LogP contribution in [0.2, 0.25) is 5.02 Å². The molecule has 0 aromatic heterocycles.